The summed E-state index contributed by atoms with van der Waals surface area (Å²) in [6.45, 7) is 0. The number of thioether (sulfide) groups is 1. The number of aliphatic carboxylic acids is 1. The van der Waals surface area contributed by atoms with E-state index in [0.717, 1.165) is 20.4 Å². The molecule has 0 radical (unpaired) electrons. The average molecular weight is 521 g/mol. The molecule has 1 aliphatic heterocycles. The van der Waals surface area contributed by atoms with Crippen LogP contribution < -0.4 is 10.6 Å². The number of hydrogen-bond acceptors (Lipinski definition) is 4. The Morgan fingerprint density at radius 2 is 1.96 bits per heavy atom. The maximum Gasteiger partial charge on any atom is 0.321 e. The summed E-state index contributed by atoms with van der Waals surface area (Å²) in [7, 11) is 0. The quantitative estimate of drug-likeness (QED) is 0.477. The molecule has 4 nitrogen and oxygen atoms in total. The normalized spacial score (nSPS) is 17.5. The molecule has 0 aliphatic carbocycles. The Hall–Kier alpha value is -0.930. The number of nitrogens with one attached hydrogen (secondary N) is 2. The lowest BCUT2D eigenvalue weighted by molar-refractivity contribution is -0.139. The predicted octanol–water partition coefficient (Wildman–Crippen LogP) is 4.80. The average Bonchev–Trinajstić information content (AvgIpc) is 3.07. The highest BCUT2D eigenvalue weighted by atomic mass is 127. The molecule has 0 fully saturated rings. The van der Waals surface area contributed by atoms with Crippen molar-refractivity contribution in [3.05, 3.63) is 72.6 Å². The second-order valence-corrected chi connectivity index (χ2v) is 8.75. The molecule has 0 saturated heterocycles. The summed E-state index contributed by atoms with van der Waals surface area (Å²) in [5, 5.41) is 18.9. The highest BCUT2D eigenvalue weighted by Crippen LogP contribution is 2.30. The van der Waals surface area contributed by atoms with Crippen molar-refractivity contribution in [1.29, 1.82) is 0 Å². The Bertz CT molecular complexity index is 846. The topological polar surface area (TPSA) is 61.4 Å². The molecule has 2 unspecified atom stereocenters. The van der Waals surface area contributed by atoms with E-state index >= 15 is 0 Å². The molecule has 0 saturated carbocycles. The van der Waals surface area contributed by atoms with E-state index in [9.17, 15) is 9.90 Å². The van der Waals surface area contributed by atoms with Crippen molar-refractivity contribution in [2.45, 2.75) is 18.0 Å². The van der Waals surface area contributed by atoms with Gasteiger partial charge in [-0.25, -0.2) is 0 Å². The number of rotatable bonds is 6. The van der Waals surface area contributed by atoms with E-state index in [1.54, 1.807) is 12.1 Å². The van der Waals surface area contributed by atoms with Crippen LogP contribution in [0.15, 0.2) is 47.9 Å². The van der Waals surface area contributed by atoms with Gasteiger partial charge < -0.3 is 10.4 Å². The van der Waals surface area contributed by atoms with Gasteiger partial charge in [0.15, 0.2) is 0 Å². The van der Waals surface area contributed by atoms with E-state index in [1.807, 2.05) is 35.7 Å². The van der Waals surface area contributed by atoms with Crippen LogP contribution in [0.25, 0.3) is 5.70 Å². The summed E-state index contributed by atoms with van der Waals surface area (Å²) in [6.07, 6.45) is 0.410. The van der Waals surface area contributed by atoms with Gasteiger partial charge in [0.1, 0.15) is 11.5 Å². The minimum absolute atomic E-state index is 0.232. The molecule has 136 valence electrons. The van der Waals surface area contributed by atoms with Gasteiger partial charge in [0.05, 0.1) is 10.0 Å². The van der Waals surface area contributed by atoms with Gasteiger partial charge in [0, 0.05) is 9.27 Å². The van der Waals surface area contributed by atoms with E-state index in [-0.39, 0.29) is 5.50 Å². The van der Waals surface area contributed by atoms with Gasteiger partial charge in [-0.1, -0.05) is 53.2 Å². The van der Waals surface area contributed by atoms with Crippen molar-refractivity contribution in [2.75, 3.05) is 0 Å². The molecule has 8 heteroatoms. The number of carboxylic acid groups (broad SMARTS) is 1. The Balaban J connectivity index is 1.63. The lowest BCUT2D eigenvalue weighted by Crippen LogP contribution is -2.47. The van der Waals surface area contributed by atoms with Crippen molar-refractivity contribution in [3.63, 3.8) is 0 Å². The van der Waals surface area contributed by atoms with Gasteiger partial charge in [-0.15, -0.1) is 0 Å². The fourth-order valence-corrected chi connectivity index (χ4v) is 4.07. The van der Waals surface area contributed by atoms with Crippen LogP contribution in [0, 0.1) is 3.57 Å². The zero-order chi connectivity index (χ0) is 18.7. The third-order valence-corrected chi connectivity index (χ3v) is 6.20. The molecule has 1 heterocycles. The van der Waals surface area contributed by atoms with Gasteiger partial charge in [-0.3, -0.25) is 10.1 Å². The Labute approximate surface area is 179 Å². The van der Waals surface area contributed by atoms with E-state index in [1.165, 1.54) is 11.8 Å². The molecule has 3 rings (SSSR count). The first-order valence-electron chi connectivity index (χ1n) is 7.73. The molecule has 1 aliphatic rings. The minimum atomic E-state index is -0.881. The molecule has 2 aromatic rings. The fraction of sp³-hybridized carbons (Fsp3) is 0.167. The molecular weight excluding hydrogens is 506 g/mol. The van der Waals surface area contributed by atoms with Crippen LogP contribution in [0.4, 0.5) is 0 Å². The third-order valence-electron chi connectivity index (χ3n) is 3.84. The van der Waals surface area contributed by atoms with Gasteiger partial charge in [-0.05, 0) is 69.8 Å². The predicted molar refractivity (Wildman–Crippen MR) is 116 cm³/mol. The first-order valence-corrected chi connectivity index (χ1v) is 10.5. The summed E-state index contributed by atoms with van der Waals surface area (Å²) < 4.78 is 1.12. The maximum absolute atomic E-state index is 11.6. The van der Waals surface area contributed by atoms with Crippen molar-refractivity contribution < 1.29 is 9.90 Å². The van der Waals surface area contributed by atoms with E-state index in [0.29, 0.717) is 16.5 Å². The van der Waals surface area contributed by atoms with Crippen molar-refractivity contribution >= 4 is 69.2 Å². The zero-order valence-corrected chi connectivity index (χ0v) is 17.9. The highest BCUT2D eigenvalue weighted by Gasteiger charge is 2.25. The first-order chi connectivity index (χ1) is 12.4. The molecule has 3 N–H and O–H groups in total. The SMILES string of the molecule is O=C(O)C(Cc1ccc(I)cc1)NC1NC(c2ccc(Cl)c(Cl)c2)=CS1. The smallest absolute Gasteiger partial charge is 0.321 e. The lowest BCUT2D eigenvalue weighted by Gasteiger charge is -2.21. The van der Waals surface area contributed by atoms with Crippen LogP contribution in [-0.4, -0.2) is 22.6 Å². The van der Waals surface area contributed by atoms with Gasteiger partial charge in [0.2, 0.25) is 0 Å². The first kappa shape index (κ1) is 19.8. The summed E-state index contributed by atoms with van der Waals surface area (Å²) in [6, 6.07) is 12.6. The van der Waals surface area contributed by atoms with E-state index in [2.05, 4.69) is 33.2 Å². The van der Waals surface area contributed by atoms with Gasteiger partial charge in [0.25, 0.3) is 0 Å². The largest absolute Gasteiger partial charge is 0.480 e. The van der Waals surface area contributed by atoms with Crippen LogP contribution in [0.2, 0.25) is 10.0 Å². The van der Waals surface area contributed by atoms with Crippen LogP contribution in [0.1, 0.15) is 11.1 Å². The zero-order valence-electron chi connectivity index (χ0n) is 13.4. The summed E-state index contributed by atoms with van der Waals surface area (Å²) in [4.78, 5) is 11.6. The molecule has 2 aromatic carbocycles. The summed E-state index contributed by atoms with van der Waals surface area (Å²) >= 11 is 15.7. The van der Waals surface area contributed by atoms with Crippen molar-refractivity contribution in [1.82, 2.24) is 10.6 Å². The molecule has 0 bridgehead atoms. The number of halogens is 3. The highest BCUT2D eigenvalue weighted by molar-refractivity contribution is 14.1. The Morgan fingerprint density at radius 1 is 1.23 bits per heavy atom. The Kier molecular flexibility index (Phi) is 6.74. The molecular formula is C18H15Cl2IN2O2S. The van der Waals surface area contributed by atoms with Crippen LogP contribution in [0.3, 0.4) is 0 Å². The van der Waals surface area contributed by atoms with E-state index in [4.69, 9.17) is 23.2 Å². The van der Waals surface area contributed by atoms with E-state index < -0.39 is 12.0 Å². The minimum Gasteiger partial charge on any atom is -0.480 e. The number of hydrogen-bond donors (Lipinski definition) is 3. The molecule has 0 spiro atoms. The van der Waals surface area contributed by atoms with Crippen molar-refractivity contribution in [3.8, 4) is 0 Å². The maximum atomic E-state index is 11.6. The van der Waals surface area contributed by atoms with Crippen LogP contribution >= 0.6 is 57.6 Å². The second-order valence-electron chi connectivity index (χ2n) is 5.71. The van der Waals surface area contributed by atoms with Gasteiger partial charge in [-0.2, -0.15) is 0 Å². The standard InChI is InChI=1S/C18H15Cl2IN2O2S/c19-13-6-3-11(8-14(13)20)16-9-26-18(23-16)22-15(17(24)25)7-10-1-4-12(21)5-2-10/h1-6,8-9,15,18,22-23H,7H2,(H,24,25). The molecule has 2 atom stereocenters. The fourth-order valence-electron chi connectivity index (χ4n) is 2.50. The van der Waals surface area contributed by atoms with Crippen LogP contribution in [-0.2, 0) is 11.2 Å². The van der Waals surface area contributed by atoms with Crippen molar-refractivity contribution in [2.24, 2.45) is 0 Å². The molecule has 26 heavy (non-hydrogen) atoms. The third kappa shape index (κ3) is 5.07. The Morgan fingerprint density at radius 3 is 2.62 bits per heavy atom. The summed E-state index contributed by atoms with van der Waals surface area (Å²) in [5.41, 5.74) is 2.53. The lowest BCUT2D eigenvalue weighted by atomic mass is 10.1. The number of benzene rings is 2. The summed E-state index contributed by atoms with van der Waals surface area (Å²) in [5.74, 6) is -0.881. The molecule has 0 aromatic heterocycles. The monoisotopic (exact) mass is 520 g/mol. The second kappa shape index (κ2) is 8.84. The van der Waals surface area contributed by atoms with Gasteiger partial charge >= 0.3 is 5.97 Å². The molecule has 0 amide bonds. The number of carbonyl (C=O) groups is 1. The number of carboxylic acids is 1. The van der Waals surface area contributed by atoms with Crippen LogP contribution in [0.5, 0.6) is 0 Å².